The summed E-state index contributed by atoms with van der Waals surface area (Å²) < 4.78 is 0. The fourth-order valence-electron chi connectivity index (χ4n) is 1.64. The Bertz CT molecular complexity index is 397. The standard InChI is InChI=1S/C13H16N2S/c1-11(12-4-7-14-8-5-12)15-9-6-13-3-2-10-16-13/h2-5,7-8,10-11,15H,6,9H2,1H3/t11-/m0/s1. The fourth-order valence-corrected chi connectivity index (χ4v) is 2.35. The number of nitrogens with one attached hydrogen (secondary N) is 1. The van der Waals surface area contributed by atoms with Gasteiger partial charge in [-0.1, -0.05) is 6.07 Å². The Labute approximate surface area is 100 Å². The number of rotatable bonds is 5. The molecule has 0 aliphatic heterocycles. The molecule has 1 N–H and O–H groups in total. The molecule has 0 bridgehead atoms. The van der Waals surface area contributed by atoms with E-state index >= 15 is 0 Å². The van der Waals surface area contributed by atoms with E-state index in [1.807, 2.05) is 23.7 Å². The van der Waals surface area contributed by atoms with Gasteiger partial charge in [-0.25, -0.2) is 0 Å². The summed E-state index contributed by atoms with van der Waals surface area (Å²) in [6.45, 7) is 3.20. The fraction of sp³-hybridized carbons (Fsp3) is 0.308. The highest BCUT2D eigenvalue weighted by Gasteiger charge is 2.03. The number of thiophene rings is 1. The van der Waals surface area contributed by atoms with Crippen LogP contribution in [0, 0.1) is 0 Å². The molecule has 2 nitrogen and oxygen atoms in total. The predicted molar refractivity (Wildman–Crippen MR) is 68.7 cm³/mol. The summed E-state index contributed by atoms with van der Waals surface area (Å²) in [4.78, 5) is 5.46. The topological polar surface area (TPSA) is 24.9 Å². The van der Waals surface area contributed by atoms with Crippen LogP contribution < -0.4 is 5.32 Å². The number of aromatic nitrogens is 1. The molecule has 0 unspecified atom stereocenters. The Kier molecular flexibility index (Phi) is 4.08. The second kappa shape index (κ2) is 5.77. The van der Waals surface area contributed by atoms with E-state index in [9.17, 15) is 0 Å². The van der Waals surface area contributed by atoms with Crippen LogP contribution in [0.5, 0.6) is 0 Å². The Morgan fingerprint density at radius 3 is 2.81 bits per heavy atom. The molecule has 2 aromatic rings. The molecule has 0 aromatic carbocycles. The molecule has 3 heteroatoms. The zero-order chi connectivity index (χ0) is 11.2. The highest BCUT2D eigenvalue weighted by atomic mass is 32.1. The van der Waals surface area contributed by atoms with Gasteiger partial charge in [-0.3, -0.25) is 4.98 Å². The number of pyridine rings is 1. The summed E-state index contributed by atoms with van der Waals surface area (Å²) in [5.74, 6) is 0. The van der Waals surface area contributed by atoms with E-state index in [4.69, 9.17) is 0 Å². The van der Waals surface area contributed by atoms with Crippen molar-refractivity contribution in [3.8, 4) is 0 Å². The normalized spacial score (nSPS) is 12.6. The second-order valence-corrected chi connectivity index (χ2v) is 4.82. The molecule has 0 amide bonds. The summed E-state index contributed by atoms with van der Waals surface area (Å²) in [7, 11) is 0. The zero-order valence-electron chi connectivity index (χ0n) is 9.39. The van der Waals surface area contributed by atoms with Crippen molar-refractivity contribution < 1.29 is 0 Å². The average molecular weight is 232 g/mol. The molecule has 1 atom stereocenters. The second-order valence-electron chi connectivity index (χ2n) is 3.79. The Hall–Kier alpha value is -1.19. The van der Waals surface area contributed by atoms with Gasteiger partial charge in [0.15, 0.2) is 0 Å². The molecular weight excluding hydrogens is 216 g/mol. The lowest BCUT2D eigenvalue weighted by Gasteiger charge is -2.13. The van der Waals surface area contributed by atoms with Gasteiger partial charge in [0.25, 0.3) is 0 Å². The van der Waals surface area contributed by atoms with E-state index in [1.54, 1.807) is 0 Å². The summed E-state index contributed by atoms with van der Waals surface area (Å²) in [5, 5.41) is 5.64. The van der Waals surface area contributed by atoms with Crippen LogP contribution in [0.25, 0.3) is 0 Å². The smallest absolute Gasteiger partial charge is 0.0293 e. The largest absolute Gasteiger partial charge is 0.310 e. The summed E-state index contributed by atoms with van der Waals surface area (Å²) in [5.41, 5.74) is 1.29. The molecule has 16 heavy (non-hydrogen) atoms. The summed E-state index contributed by atoms with van der Waals surface area (Å²) in [6, 6.07) is 8.80. The summed E-state index contributed by atoms with van der Waals surface area (Å²) >= 11 is 1.82. The molecule has 0 aliphatic carbocycles. The van der Waals surface area contributed by atoms with Crippen molar-refractivity contribution in [3.63, 3.8) is 0 Å². The van der Waals surface area contributed by atoms with Gasteiger partial charge < -0.3 is 5.32 Å². The minimum Gasteiger partial charge on any atom is -0.310 e. The van der Waals surface area contributed by atoms with Crippen LogP contribution in [0.3, 0.4) is 0 Å². The van der Waals surface area contributed by atoms with Gasteiger partial charge >= 0.3 is 0 Å². The first-order valence-corrected chi connectivity index (χ1v) is 6.40. The maximum atomic E-state index is 4.02. The van der Waals surface area contributed by atoms with Crippen molar-refractivity contribution >= 4 is 11.3 Å². The first-order valence-electron chi connectivity index (χ1n) is 5.52. The summed E-state index contributed by atoms with van der Waals surface area (Å²) in [6.07, 6.45) is 4.78. The van der Waals surface area contributed by atoms with E-state index < -0.39 is 0 Å². The minimum absolute atomic E-state index is 0.392. The number of nitrogens with zero attached hydrogens (tertiary/aromatic N) is 1. The van der Waals surface area contributed by atoms with Gasteiger partial charge in [-0.05, 0) is 42.5 Å². The lowest BCUT2D eigenvalue weighted by atomic mass is 10.1. The maximum Gasteiger partial charge on any atom is 0.0293 e. The van der Waals surface area contributed by atoms with Gasteiger partial charge in [0.2, 0.25) is 0 Å². The maximum absolute atomic E-state index is 4.02. The first kappa shape index (κ1) is 11.3. The van der Waals surface area contributed by atoms with Crippen molar-refractivity contribution in [1.82, 2.24) is 10.3 Å². The minimum atomic E-state index is 0.392. The van der Waals surface area contributed by atoms with E-state index in [0.29, 0.717) is 6.04 Å². The van der Waals surface area contributed by atoms with Crippen molar-refractivity contribution in [2.75, 3.05) is 6.54 Å². The predicted octanol–water partition coefficient (Wildman–Crippen LogP) is 3.04. The van der Waals surface area contributed by atoms with Gasteiger partial charge in [0.05, 0.1) is 0 Å². The first-order chi connectivity index (χ1) is 7.86. The van der Waals surface area contributed by atoms with Crippen LogP contribution in [-0.4, -0.2) is 11.5 Å². The molecular formula is C13H16N2S. The van der Waals surface area contributed by atoms with Gasteiger partial charge in [0.1, 0.15) is 0 Å². The van der Waals surface area contributed by atoms with Crippen molar-refractivity contribution in [2.45, 2.75) is 19.4 Å². The van der Waals surface area contributed by atoms with Crippen molar-refractivity contribution in [2.24, 2.45) is 0 Å². The third-order valence-corrected chi connectivity index (χ3v) is 3.54. The SMILES string of the molecule is C[C@H](NCCc1cccs1)c1ccncc1. The monoisotopic (exact) mass is 232 g/mol. The molecule has 2 heterocycles. The molecule has 0 fully saturated rings. The molecule has 0 radical (unpaired) electrons. The van der Waals surface area contributed by atoms with E-state index in [0.717, 1.165) is 13.0 Å². The van der Waals surface area contributed by atoms with Crippen LogP contribution >= 0.6 is 11.3 Å². The average Bonchev–Trinajstić information content (AvgIpc) is 2.83. The quantitative estimate of drug-likeness (QED) is 0.857. The van der Waals surface area contributed by atoms with E-state index in [-0.39, 0.29) is 0 Å². The third-order valence-electron chi connectivity index (χ3n) is 2.61. The molecule has 0 spiro atoms. The van der Waals surface area contributed by atoms with E-state index in [1.165, 1.54) is 10.4 Å². The van der Waals surface area contributed by atoms with Gasteiger partial charge in [0, 0.05) is 29.9 Å². The Morgan fingerprint density at radius 1 is 1.31 bits per heavy atom. The Balaban J connectivity index is 1.78. The van der Waals surface area contributed by atoms with E-state index in [2.05, 4.69) is 46.9 Å². The van der Waals surface area contributed by atoms with Crippen molar-refractivity contribution in [1.29, 1.82) is 0 Å². The lowest BCUT2D eigenvalue weighted by Crippen LogP contribution is -2.21. The molecule has 0 saturated heterocycles. The number of hydrogen-bond donors (Lipinski definition) is 1. The van der Waals surface area contributed by atoms with Crippen LogP contribution in [0.15, 0.2) is 42.0 Å². The highest BCUT2D eigenvalue weighted by molar-refractivity contribution is 7.09. The molecule has 2 aromatic heterocycles. The molecule has 0 saturated carbocycles. The zero-order valence-corrected chi connectivity index (χ0v) is 10.2. The van der Waals surface area contributed by atoms with Crippen LogP contribution in [-0.2, 0) is 6.42 Å². The molecule has 0 aliphatic rings. The molecule has 2 rings (SSSR count). The highest BCUT2D eigenvalue weighted by Crippen LogP contribution is 2.12. The van der Waals surface area contributed by atoms with Crippen LogP contribution in [0.2, 0.25) is 0 Å². The van der Waals surface area contributed by atoms with Gasteiger partial charge in [-0.2, -0.15) is 0 Å². The van der Waals surface area contributed by atoms with Crippen LogP contribution in [0.4, 0.5) is 0 Å². The van der Waals surface area contributed by atoms with Crippen LogP contribution in [0.1, 0.15) is 23.4 Å². The number of hydrogen-bond acceptors (Lipinski definition) is 3. The molecule has 84 valence electrons. The van der Waals surface area contributed by atoms with Gasteiger partial charge in [-0.15, -0.1) is 11.3 Å². The van der Waals surface area contributed by atoms with Crippen molar-refractivity contribution in [3.05, 3.63) is 52.5 Å². The third kappa shape index (κ3) is 3.15. The Morgan fingerprint density at radius 2 is 2.12 bits per heavy atom. The lowest BCUT2D eigenvalue weighted by molar-refractivity contribution is 0.578.